The van der Waals surface area contributed by atoms with Crippen molar-refractivity contribution in [2.75, 3.05) is 26.1 Å². The maximum absolute atomic E-state index is 13.1. The van der Waals surface area contributed by atoms with Gasteiger partial charge in [-0.1, -0.05) is 6.92 Å². The summed E-state index contributed by atoms with van der Waals surface area (Å²) in [4.78, 5) is 17.3. The van der Waals surface area contributed by atoms with E-state index in [-0.39, 0.29) is 17.6 Å². The minimum atomic E-state index is -3.67. The molecule has 2 heterocycles. The van der Waals surface area contributed by atoms with E-state index < -0.39 is 20.4 Å². The first-order chi connectivity index (χ1) is 14.1. The summed E-state index contributed by atoms with van der Waals surface area (Å²) in [5.74, 6) is 1.06. The van der Waals surface area contributed by atoms with Gasteiger partial charge in [0.2, 0.25) is 0 Å². The highest BCUT2D eigenvalue weighted by Gasteiger charge is 2.45. The van der Waals surface area contributed by atoms with Crippen LogP contribution in [-0.4, -0.2) is 60.2 Å². The van der Waals surface area contributed by atoms with Crippen LogP contribution >= 0.6 is 0 Å². The summed E-state index contributed by atoms with van der Waals surface area (Å²) >= 11 is 0. The molecular formula is C21H29N3O5S. The molecule has 1 saturated heterocycles. The van der Waals surface area contributed by atoms with E-state index in [9.17, 15) is 13.2 Å². The Morgan fingerprint density at radius 2 is 1.87 bits per heavy atom. The molecule has 0 unspecified atom stereocenters. The van der Waals surface area contributed by atoms with Crippen molar-refractivity contribution in [3.05, 3.63) is 30.1 Å². The molecule has 8 nitrogen and oxygen atoms in total. The number of ketones is 1. The number of rotatable bonds is 8. The Bertz CT molecular complexity index is 990. The molecule has 0 saturated carbocycles. The molecule has 1 fully saturated rings. The van der Waals surface area contributed by atoms with Crippen LogP contribution in [0.25, 0.3) is 11.4 Å². The normalized spacial score (nSPS) is 16.9. The highest BCUT2D eigenvalue weighted by Crippen LogP contribution is 2.35. The number of hydrogen-bond donors (Lipinski definition) is 1. The number of aromatic amines is 1. The first-order valence-electron chi connectivity index (χ1n) is 9.95. The molecule has 0 amide bonds. The van der Waals surface area contributed by atoms with Gasteiger partial charge in [-0.2, -0.15) is 5.10 Å². The number of carbonyl (C=O) groups excluding carboxylic acids is 1. The predicted molar refractivity (Wildman–Crippen MR) is 113 cm³/mol. The van der Waals surface area contributed by atoms with Gasteiger partial charge in [0.05, 0.1) is 19.3 Å². The molecule has 30 heavy (non-hydrogen) atoms. The first-order valence-corrected chi connectivity index (χ1v) is 11.6. The monoisotopic (exact) mass is 435 g/mol. The fraction of sp³-hybridized carbons (Fsp3) is 0.571. The highest BCUT2D eigenvalue weighted by atomic mass is 32.2. The van der Waals surface area contributed by atoms with Crippen molar-refractivity contribution in [1.29, 1.82) is 0 Å². The number of nitrogens with one attached hydrogen (secondary N) is 1. The Morgan fingerprint density at radius 3 is 2.47 bits per heavy atom. The summed E-state index contributed by atoms with van der Waals surface area (Å²) in [5.41, 5.74) is 0.396. The Labute approximate surface area is 177 Å². The fourth-order valence-electron chi connectivity index (χ4n) is 3.43. The quantitative estimate of drug-likeness (QED) is 0.678. The second kappa shape index (κ2) is 8.47. The van der Waals surface area contributed by atoms with Gasteiger partial charge in [0, 0.05) is 18.8 Å². The molecule has 164 valence electrons. The van der Waals surface area contributed by atoms with Crippen LogP contribution in [0.15, 0.2) is 24.3 Å². The lowest BCUT2D eigenvalue weighted by Gasteiger charge is -2.35. The second-order valence-electron chi connectivity index (χ2n) is 8.63. The Kier molecular flexibility index (Phi) is 6.33. The van der Waals surface area contributed by atoms with E-state index in [1.165, 1.54) is 13.8 Å². The fourth-order valence-corrected chi connectivity index (χ4v) is 5.42. The zero-order chi connectivity index (χ0) is 22.0. The van der Waals surface area contributed by atoms with Crippen LogP contribution < -0.4 is 4.74 Å². The van der Waals surface area contributed by atoms with Gasteiger partial charge >= 0.3 is 0 Å². The number of sulfone groups is 1. The van der Waals surface area contributed by atoms with Crippen LogP contribution in [0.3, 0.4) is 0 Å². The van der Waals surface area contributed by atoms with Gasteiger partial charge in [-0.15, -0.1) is 0 Å². The van der Waals surface area contributed by atoms with Gasteiger partial charge in [-0.25, -0.2) is 13.4 Å². The summed E-state index contributed by atoms with van der Waals surface area (Å²) in [6.45, 7) is 6.01. The van der Waals surface area contributed by atoms with Crippen LogP contribution in [0.2, 0.25) is 0 Å². The predicted octanol–water partition coefficient (Wildman–Crippen LogP) is 2.60. The van der Waals surface area contributed by atoms with Gasteiger partial charge in [-0.3, -0.25) is 9.89 Å². The Balaban J connectivity index is 1.71. The number of aromatic nitrogens is 3. The molecular weight excluding hydrogens is 406 g/mol. The molecule has 0 atom stereocenters. The molecule has 3 rings (SSSR count). The van der Waals surface area contributed by atoms with Crippen molar-refractivity contribution in [1.82, 2.24) is 15.2 Å². The van der Waals surface area contributed by atoms with Gasteiger partial charge in [-0.05, 0) is 56.4 Å². The Morgan fingerprint density at radius 1 is 1.23 bits per heavy atom. The van der Waals surface area contributed by atoms with Crippen molar-refractivity contribution in [2.24, 2.45) is 5.41 Å². The maximum Gasteiger partial charge on any atom is 0.181 e. The molecule has 9 heteroatoms. The number of Topliss-reactive ketones (excluding diaryl/α,β-unsaturated/α-hetero) is 1. The van der Waals surface area contributed by atoms with Crippen molar-refractivity contribution >= 4 is 15.6 Å². The summed E-state index contributed by atoms with van der Waals surface area (Å²) in [6, 6.07) is 7.22. The lowest BCUT2D eigenvalue weighted by molar-refractivity contribution is -0.120. The molecule has 1 N–H and O–H groups in total. The molecule has 0 aliphatic carbocycles. The van der Waals surface area contributed by atoms with Crippen LogP contribution in [0.1, 0.15) is 39.4 Å². The van der Waals surface area contributed by atoms with Gasteiger partial charge in [0.25, 0.3) is 0 Å². The first kappa shape index (κ1) is 22.4. The van der Waals surface area contributed by atoms with Crippen LogP contribution in [-0.2, 0) is 25.8 Å². The molecule has 1 aromatic carbocycles. The molecule has 0 spiro atoms. The standard InChI is InChI=1S/C21H29N3O5S/c1-20(2,30(26,27)14-21(3)9-11-29-12-10-21)17(25)13-18-22-19(24-23-18)15-5-7-16(28-4)8-6-15/h5-8H,9-14H2,1-4H3,(H,22,23,24). The van der Waals surface area contributed by atoms with Crippen LogP contribution in [0.4, 0.5) is 0 Å². The lowest BCUT2D eigenvalue weighted by Crippen LogP contribution is -2.47. The number of benzene rings is 1. The average Bonchev–Trinajstić information content (AvgIpc) is 3.16. The Hall–Kier alpha value is -2.26. The summed E-state index contributed by atoms with van der Waals surface area (Å²) < 4.78 is 35.2. The van der Waals surface area contributed by atoms with Gasteiger partial charge in [0.1, 0.15) is 16.3 Å². The zero-order valence-electron chi connectivity index (χ0n) is 17.9. The van der Waals surface area contributed by atoms with E-state index >= 15 is 0 Å². The van der Waals surface area contributed by atoms with E-state index in [1.807, 2.05) is 19.1 Å². The number of methoxy groups -OCH3 is 1. The van der Waals surface area contributed by atoms with Crippen molar-refractivity contribution in [3.8, 4) is 17.1 Å². The van der Waals surface area contributed by atoms with E-state index in [0.717, 1.165) is 11.3 Å². The molecule has 1 aliphatic heterocycles. The highest BCUT2D eigenvalue weighted by molar-refractivity contribution is 7.93. The third-order valence-electron chi connectivity index (χ3n) is 5.90. The van der Waals surface area contributed by atoms with Crippen molar-refractivity contribution in [3.63, 3.8) is 0 Å². The molecule has 0 bridgehead atoms. The lowest BCUT2D eigenvalue weighted by atomic mass is 9.85. The third-order valence-corrected chi connectivity index (χ3v) is 8.76. The van der Waals surface area contributed by atoms with E-state index in [0.29, 0.717) is 37.7 Å². The second-order valence-corrected chi connectivity index (χ2v) is 11.2. The minimum absolute atomic E-state index is 0.0321. The third kappa shape index (κ3) is 4.73. The van der Waals surface area contributed by atoms with Gasteiger partial charge in [0.15, 0.2) is 21.4 Å². The molecule has 2 aromatic rings. The topological polar surface area (TPSA) is 111 Å². The molecule has 1 aromatic heterocycles. The van der Waals surface area contributed by atoms with E-state index in [2.05, 4.69) is 15.2 Å². The van der Waals surface area contributed by atoms with E-state index in [1.54, 1.807) is 19.2 Å². The number of nitrogens with zero attached hydrogens (tertiary/aromatic N) is 2. The van der Waals surface area contributed by atoms with Gasteiger partial charge < -0.3 is 9.47 Å². The smallest absolute Gasteiger partial charge is 0.181 e. The minimum Gasteiger partial charge on any atom is -0.497 e. The zero-order valence-corrected chi connectivity index (χ0v) is 18.7. The van der Waals surface area contributed by atoms with E-state index in [4.69, 9.17) is 9.47 Å². The maximum atomic E-state index is 13.1. The molecule has 1 aliphatic rings. The van der Waals surface area contributed by atoms with Crippen LogP contribution in [0.5, 0.6) is 5.75 Å². The number of H-pyrrole nitrogens is 1. The largest absolute Gasteiger partial charge is 0.497 e. The number of hydrogen-bond acceptors (Lipinski definition) is 7. The summed E-state index contributed by atoms with van der Waals surface area (Å²) in [7, 11) is -2.08. The summed E-state index contributed by atoms with van der Waals surface area (Å²) in [5, 5.41) is 6.90. The SMILES string of the molecule is COc1ccc(-c2n[nH]c(CC(=O)C(C)(C)S(=O)(=O)CC3(C)CCOCC3)n2)cc1. The average molecular weight is 436 g/mol. The summed E-state index contributed by atoms with van der Waals surface area (Å²) in [6.07, 6.45) is 1.21. The molecule has 0 radical (unpaired) electrons. The van der Waals surface area contributed by atoms with Crippen molar-refractivity contribution in [2.45, 2.75) is 44.8 Å². The van der Waals surface area contributed by atoms with Crippen LogP contribution in [0, 0.1) is 5.41 Å². The van der Waals surface area contributed by atoms with Crippen molar-refractivity contribution < 1.29 is 22.7 Å². The number of carbonyl (C=O) groups is 1. The number of ether oxygens (including phenoxy) is 2.